The molecule has 0 radical (unpaired) electrons. The SMILES string of the molecule is CCOC(=O)C1CCCC1/C(C)=C/Cc1c(O)c2c(c(C)c1OC)COC2=O. The van der Waals surface area contributed by atoms with Crippen molar-refractivity contribution < 1.29 is 28.9 Å². The molecule has 0 spiro atoms. The van der Waals surface area contributed by atoms with Crippen LogP contribution >= 0.6 is 0 Å². The van der Waals surface area contributed by atoms with Crippen LogP contribution in [0.3, 0.4) is 0 Å². The topological polar surface area (TPSA) is 82.1 Å². The van der Waals surface area contributed by atoms with Crippen molar-refractivity contribution in [3.63, 3.8) is 0 Å². The third-order valence-electron chi connectivity index (χ3n) is 5.97. The van der Waals surface area contributed by atoms with Crippen molar-refractivity contribution in [2.45, 2.75) is 53.1 Å². The zero-order valence-corrected chi connectivity index (χ0v) is 17.0. The Morgan fingerprint density at radius 1 is 1.32 bits per heavy atom. The smallest absolute Gasteiger partial charge is 0.342 e. The van der Waals surface area contributed by atoms with Gasteiger partial charge in [0.1, 0.15) is 23.7 Å². The van der Waals surface area contributed by atoms with Gasteiger partial charge in [-0.25, -0.2) is 4.79 Å². The molecule has 0 saturated heterocycles. The summed E-state index contributed by atoms with van der Waals surface area (Å²) < 4.78 is 15.8. The number of carbonyl (C=O) groups is 2. The Balaban J connectivity index is 1.89. The number of ether oxygens (including phenoxy) is 3. The van der Waals surface area contributed by atoms with Crippen molar-refractivity contribution in [3.05, 3.63) is 33.9 Å². The fourth-order valence-corrected chi connectivity index (χ4v) is 4.48. The molecule has 0 amide bonds. The summed E-state index contributed by atoms with van der Waals surface area (Å²) in [6.45, 7) is 6.25. The number of hydrogen-bond donors (Lipinski definition) is 1. The average Bonchev–Trinajstić information content (AvgIpc) is 3.30. The number of benzene rings is 1. The Morgan fingerprint density at radius 2 is 2.04 bits per heavy atom. The van der Waals surface area contributed by atoms with E-state index in [0.717, 1.165) is 30.4 Å². The quantitative estimate of drug-likeness (QED) is 0.589. The molecule has 6 nitrogen and oxygen atoms in total. The molecule has 3 rings (SSSR count). The van der Waals surface area contributed by atoms with Crippen LogP contribution in [0.4, 0.5) is 0 Å². The predicted molar refractivity (Wildman–Crippen MR) is 103 cm³/mol. The minimum atomic E-state index is -0.502. The van der Waals surface area contributed by atoms with Crippen molar-refractivity contribution in [1.82, 2.24) is 0 Å². The molecule has 152 valence electrons. The number of methoxy groups -OCH3 is 1. The first kappa shape index (κ1) is 20.2. The Morgan fingerprint density at radius 3 is 2.71 bits per heavy atom. The van der Waals surface area contributed by atoms with Gasteiger partial charge in [0.15, 0.2) is 0 Å². The van der Waals surface area contributed by atoms with Gasteiger partial charge in [0.25, 0.3) is 0 Å². The number of carbonyl (C=O) groups excluding carboxylic acids is 2. The van der Waals surface area contributed by atoms with Gasteiger partial charge in [-0.2, -0.15) is 0 Å². The summed E-state index contributed by atoms with van der Waals surface area (Å²) in [5, 5.41) is 10.7. The van der Waals surface area contributed by atoms with E-state index in [4.69, 9.17) is 14.2 Å². The molecule has 0 aromatic heterocycles. The van der Waals surface area contributed by atoms with Crippen molar-refractivity contribution in [2.75, 3.05) is 13.7 Å². The summed E-state index contributed by atoms with van der Waals surface area (Å²) in [5.74, 6) is -0.0897. The maximum atomic E-state index is 12.2. The molecule has 1 aromatic carbocycles. The third kappa shape index (κ3) is 3.48. The summed E-state index contributed by atoms with van der Waals surface area (Å²) in [5.41, 5.74) is 3.40. The minimum Gasteiger partial charge on any atom is -0.507 e. The van der Waals surface area contributed by atoms with Crippen LogP contribution in [-0.2, 0) is 27.3 Å². The molecule has 1 aromatic rings. The number of phenols is 1. The first-order valence-electron chi connectivity index (χ1n) is 9.82. The Hall–Kier alpha value is -2.50. The van der Waals surface area contributed by atoms with E-state index in [2.05, 4.69) is 0 Å². The molecule has 1 aliphatic carbocycles. The van der Waals surface area contributed by atoms with Crippen molar-refractivity contribution in [3.8, 4) is 11.5 Å². The van der Waals surface area contributed by atoms with Crippen LogP contribution in [0.25, 0.3) is 0 Å². The van der Waals surface area contributed by atoms with E-state index in [-0.39, 0.29) is 35.7 Å². The van der Waals surface area contributed by atoms with Gasteiger partial charge in [-0.05, 0) is 51.5 Å². The molecule has 1 heterocycles. The number of esters is 2. The zero-order chi connectivity index (χ0) is 20.4. The first-order valence-corrected chi connectivity index (χ1v) is 9.82. The predicted octanol–water partition coefficient (Wildman–Crippen LogP) is 3.85. The molecular weight excluding hydrogens is 360 g/mol. The highest BCUT2D eigenvalue weighted by Gasteiger charge is 2.35. The molecule has 1 saturated carbocycles. The van der Waals surface area contributed by atoms with E-state index >= 15 is 0 Å². The highest BCUT2D eigenvalue weighted by molar-refractivity contribution is 5.98. The molecule has 6 heteroatoms. The molecule has 1 N–H and O–H groups in total. The van der Waals surface area contributed by atoms with Crippen molar-refractivity contribution in [1.29, 1.82) is 0 Å². The number of hydrogen-bond acceptors (Lipinski definition) is 6. The fourth-order valence-electron chi connectivity index (χ4n) is 4.48. The lowest BCUT2D eigenvalue weighted by atomic mass is 9.88. The summed E-state index contributed by atoms with van der Waals surface area (Å²) in [6.07, 6.45) is 5.22. The molecule has 0 bridgehead atoms. The fraction of sp³-hybridized carbons (Fsp3) is 0.545. The van der Waals surface area contributed by atoms with Gasteiger partial charge in [-0.1, -0.05) is 18.1 Å². The lowest BCUT2D eigenvalue weighted by molar-refractivity contribution is -0.148. The van der Waals surface area contributed by atoms with Gasteiger partial charge in [-0.3, -0.25) is 4.79 Å². The van der Waals surface area contributed by atoms with Crippen molar-refractivity contribution in [2.24, 2.45) is 11.8 Å². The largest absolute Gasteiger partial charge is 0.507 e. The summed E-state index contributed by atoms with van der Waals surface area (Å²) in [4.78, 5) is 24.3. The molecular formula is C22H28O6. The molecule has 1 fully saturated rings. The van der Waals surface area contributed by atoms with E-state index in [0.29, 0.717) is 29.9 Å². The van der Waals surface area contributed by atoms with E-state index in [1.165, 1.54) is 0 Å². The number of phenolic OH excluding ortho intramolecular Hbond substituents is 1. The normalized spacial score (nSPS) is 21.4. The number of allylic oxidation sites excluding steroid dienone is 2. The number of rotatable bonds is 6. The van der Waals surface area contributed by atoms with Crippen LogP contribution in [0.1, 0.15) is 60.2 Å². The lowest BCUT2D eigenvalue weighted by Crippen LogP contribution is -2.22. The van der Waals surface area contributed by atoms with Gasteiger partial charge >= 0.3 is 11.9 Å². The standard InChI is InChI=1S/C22H28O6/c1-5-27-21(24)15-8-6-7-14(15)12(2)9-10-16-19(23)18-17(11-28-22(18)25)13(3)20(16)26-4/h9,14-15,23H,5-8,10-11H2,1-4H3/b12-9+. The zero-order valence-electron chi connectivity index (χ0n) is 17.0. The van der Waals surface area contributed by atoms with Crippen LogP contribution < -0.4 is 4.74 Å². The number of cyclic esters (lactones) is 1. The van der Waals surface area contributed by atoms with Gasteiger partial charge < -0.3 is 19.3 Å². The number of aromatic hydroxyl groups is 1. The second kappa shape index (κ2) is 8.25. The molecule has 2 aliphatic rings. The third-order valence-corrected chi connectivity index (χ3v) is 5.97. The second-order valence-electron chi connectivity index (χ2n) is 7.46. The molecule has 28 heavy (non-hydrogen) atoms. The summed E-state index contributed by atoms with van der Waals surface area (Å²) in [6, 6.07) is 0. The molecule has 2 unspecified atom stereocenters. The summed E-state index contributed by atoms with van der Waals surface area (Å²) >= 11 is 0. The Bertz CT molecular complexity index is 823. The van der Waals surface area contributed by atoms with Gasteiger partial charge in [0, 0.05) is 11.1 Å². The lowest BCUT2D eigenvalue weighted by Gasteiger charge is -2.20. The van der Waals surface area contributed by atoms with E-state index in [1.807, 2.05) is 26.8 Å². The summed E-state index contributed by atoms with van der Waals surface area (Å²) in [7, 11) is 1.56. The van der Waals surface area contributed by atoms with Crippen LogP contribution in [-0.4, -0.2) is 30.8 Å². The van der Waals surface area contributed by atoms with Crippen molar-refractivity contribution >= 4 is 11.9 Å². The van der Waals surface area contributed by atoms with Crippen LogP contribution in [0.5, 0.6) is 11.5 Å². The molecule has 1 aliphatic heterocycles. The van der Waals surface area contributed by atoms with Crippen LogP contribution in [0, 0.1) is 18.8 Å². The van der Waals surface area contributed by atoms with E-state index < -0.39 is 5.97 Å². The highest BCUT2D eigenvalue weighted by Crippen LogP contribution is 2.43. The van der Waals surface area contributed by atoms with E-state index in [1.54, 1.807) is 7.11 Å². The highest BCUT2D eigenvalue weighted by atomic mass is 16.5. The van der Waals surface area contributed by atoms with Gasteiger partial charge in [-0.15, -0.1) is 0 Å². The maximum Gasteiger partial charge on any atom is 0.342 e. The Kier molecular flexibility index (Phi) is 5.96. The minimum absolute atomic E-state index is 0.0719. The average molecular weight is 388 g/mol. The monoisotopic (exact) mass is 388 g/mol. The van der Waals surface area contributed by atoms with Gasteiger partial charge in [0.2, 0.25) is 0 Å². The van der Waals surface area contributed by atoms with Crippen LogP contribution in [0.15, 0.2) is 11.6 Å². The molecule has 2 atom stereocenters. The maximum absolute atomic E-state index is 12.2. The second-order valence-corrected chi connectivity index (χ2v) is 7.46. The van der Waals surface area contributed by atoms with Gasteiger partial charge in [0.05, 0.1) is 19.6 Å². The number of fused-ring (bicyclic) bond motifs is 1. The Labute approximate surface area is 165 Å². The first-order chi connectivity index (χ1) is 13.4. The van der Waals surface area contributed by atoms with E-state index in [9.17, 15) is 14.7 Å². The van der Waals surface area contributed by atoms with Crippen LogP contribution in [0.2, 0.25) is 0 Å².